The molecule has 33 heavy (non-hydrogen) atoms. The fraction of sp³-hybridized carbons (Fsp3) is 0.333. The van der Waals surface area contributed by atoms with Crippen molar-refractivity contribution in [3.63, 3.8) is 0 Å². The first kappa shape index (κ1) is 22.8. The van der Waals surface area contributed by atoms with E-state index in [1.165, 1.54) is 11.9 Å². The van der Waals surface area contributed by atoms with E-state index in [4.69, 9.17) is 4.74 Å². The van der Waals surface area contributed by atoms with Crippen LogP contribution in [0.1, 0.15) is 27.2 Å². The molecule has 1 aliphatic rings. The number of aromatic nitrogens is 2. The van der Waals surface area contributed by atoms with Gasteiger partial charge in [-0.3, -0.25) is 4.79 Å². The zero-order valence-electron chi connectivity index (χ0n) is 18.5. The van der Waals surface area contributed by atoms with Crippen molar-refractivity contribution in [2.45, 2.75) is 19.6 Å². The summed E-state index contributed by atoms with van der Waals surface area (Å²) in [5.41, 5.74) is 1.40. The van der Waals surface area contributed by atoms with Gasteiger partial charge in [0.2, 0.25) is 0 Å². The second kappa shape index (κ2) is 9.27. The number of benzene rings is 2. The van der Waals surface area contributed by atoms with Crippen LogP contribution >= 0.6 is 0 Å². The van der Waals surface area contributed by atoms with E-state index in [2.05, 4.69) is 10.00 Å². The van der Waals surface area contributed by atoms with E-state index in [-0.39, 0.29) is 12.2 Å². The first-order chi connectivity index (χ1) is 15.8. The third-order valence-corrected chi connectivity index (χ3v) is 5.64. The number of ether oxygens (including phenoxy) is 1. The SMILES string of the molecule is Cc1ccc(-n2ncc(C(=O)N(C)Cc3ccccc3N3CCOCC3)c2C(F)(F)F)cc1. The zero-order chi connectivity index (χ0) is 23.6. The van der Waals surface area contributed by atoms with E-state index in [0.29, 0.717) is 13.2 Å². The Balaban J connectivity index is 1.63. The number of hydrogen-bond acceptors (Lipinski definition) is 4. The van der Waals surface area contributed by atoms with Crippen LogP contribution in [0.25, 0.3) is 5.69 Å². The van der Waals surface area contributed by atoms with Crippen molar-refractivity contribution in [1.29, 1.82) is 0 Å². The van der Waals surface area contributed by atoms with E-state index in [1.54, 1.807) is 24.3 Å². The molecule has 0 radical (unpaired) electrons. The Hall–Kier alpha value is -3.33. The van der Waals surface area contributed by atoms with Crippen molar-refractivity contribution in [1.82, 2.24) is 14.7 Å². The topological polar surface area (TPSA) is 50.6 Å². The minimum atomic E-state index is -4.75. The van der Waals surface area contributed by atoms with Gasteiger partial charge in [-0.2, -0.15) is 18.3 Å². The molecule has 1 amide bonds. The molecule has 0 atom stereocenters. The van der Waals surface area contributed by atoms with Gasteiger partial charge in [0.1, 0.15) is 0 Å². The van der Waals surface area contributed by atoms with Crippen molar-refractivity contribution in [2.24, 2.45) is 0 Å². The first-order valence-corrected chi connectivity index (χ1v) is 10.6. The van der Waals surface area contributed by atoms with Crippen LogP contribution in [0.2, 0.25) is 0 Å². The van der Waals surface area contributed by atoms with Gasteiger partial charge in [0.15, 0.2) is 5.69 Å². The lowest BCUT2D eigenvalue weighted by molar-refractivity contribution is -0.143. The van der Waals surface area contributed by atoms with Crippen molar-refractivity contribution < 1.29 is 22.7 Å². The number of morpholine rings is 1. The Kier molecular flexibility index (Phi) is 6.42. The van der Waals surface area contributed by atoms with Gasteiger partial charge in [-0.1, -0.05) is 35.9 Å². The molecule has 174 valence electrons. The molecule has 3 aromatic rings. The summed E-state index contributed by atoms with van der Waals surface area (Å²) >= 11 is 0. The summed E-state index contributed by atoms with van der Waals surface area (Å²) in [5.74, 6) is -0.738. The summed E-state index contributed by atoms with van der Waals surface area (Å²) in [5, 5.41) is 3.91. The minimum Gasteiger partial charge on any atom is -0.378 e. The fourth-order valence-corrected chi connectivity index (χ4v) is 3.95. The predicted octanol–water partition coefficient (Wildman–Crippen LogP) is 4.31. The van der Waals surface area contributed by atoms with Gasteiger partial charge in [0, 0.05) is 32.4 Å². The molecular formula is C24H25F3N4O2. The summed E-state index contributed by atoms with van der Waals surface area (Å²) in [7, 11) is 1.50. The highest BCUT2D eigenvalue weighted by Gasteiger charge is 2.41. The second-order valence-corrected chi connectivity index (χ2v) is 8.04. The maximum atomic E-state index is 14.0. The number of para-hydroxylation sites is 1. The Morgan fingerprint density at radius 2 is 1.76 bits per heavy atom. The Bertz CT molecular complexity index is 1120. The van der Waals surface area contributed by atoms with Gasteiger partial charge in [-0.05, 0) is 30.7 Å². The molecule has 1 saturated heterocycles. The largest absolute Gasteiger partial charge is 0.434 e. The number of halogens is 3. The van der Waals surface area contributed by atoms with Gasteiger partial charge in [0.05, 0.1) is 30.7 Å². The minimum absolute atomic E-state index is 0.166. The number of anilines is 1. The quantitative estimate of drug-likeness (QED) is 0.572. The molecule has 2 aromatic carbocycles. The molecule has 1 fully saturated rings. The molecule has 2 heterocycles. The number of carbonyl (C=O) groups is 1. The fourth-order valence-electron chi connectivity index (χ4n) is 3.95. The van der Waals surface area contributed by atoms with Crippen LogP contribution in [0.4, 0.5) is 18.9 Å². The molecule has 0 N–H and O–H groups in total. The Labute approximate surface area is 190 Å². The molecule has 9 heteroatoms. The normalized spacial score (nSPS) is 14.4. The van der Waals surface area contributed by atoms with Crippen LogP contribution in [-0.2, 0) is 17.5 Å². The monoisotopic (exact) mass is 458 g/mol. The van der Waals surface area contributed by atoms with Crippen molar-refractivity contribution in [2.75, 3.05) is 38.3 Å². The number of hydrogen-bond donors (Lipinski definition) is 0. The van der Waals surface area contributed by atoms with Gasteiger partial charge in [-0.15, -0.1) is 0 Å². The summed E-state index contributed by atoms with van der Waals surface area (Å²) in [6, 6.07) is 14.1. The van der Waals surface area contributed by atoms with Crippen LogP contribution in [0.15, 0.2) is 54.7 Å². The highest BCUT2D eigenvalue weighted by atomic mass is 19.4. The summed E-state index contributed by atoms with van der Waals surface area (Å²) < 4.78 is 48.2. The van der Waals surface area contributed by atoms with E-state index in [1.807, 2.05) is 31.2 Å². The molecule has 1 aliphatic heterocycles. The van der Waals surface area contributed by atoms with Crippen LogP contribution in [0.3, 0.4) is 0 Å². The average molecular weight is 458 g/mol. The second-order valence-electron chi connectivity index (χ2n) is 8.04. The molecule has 0 unspecified atom stereocenters. The molecular weight excluding hydrogens is 433 g/mol. The molecule has 0 spiro atoms. The van der Waals surface area contributed by atoms with Crippen molar-refractivity contribution >= 4 is 11.6 Å². The van der Waals surface area contributed by atoms with E-state index in [0.717, 1.165) is 40.8 Å². The number of carbonyl (C=O) groups excluding carboxylic acids is 1. The number of rotatable bonds is 5. The lowest BCUT2D eigenvalue weighted by Gasteiger charge is -2.31. The van der Waals surface area contributed by atoms with E-state index >= 15 is 0 Å². The lowest BCUT2D eigenvalue weighted by atomic mass is 10.1. The van der Waals surface area contributed by atoms with Crippen molar-refractivity contribution in [3.05, 3.63) is 77.1 Å². The smallest absolute Gasteiger partial charge is 0.378 e. The highest BCUT2D eigenvalue weighted by molar-refractivity contribution is 5.95. The standard InChI is InChI=1S/C24H25F3N4O2/c1-17-7-9-19(10-8-17)31-22(24(25,26)27)20(15-28-31)23(32)29(2)16-18-5-3-4-6-21(18)30-11-13-33-14-12-30/h3-10,15H,11-14,16H2,1-2H3. The van der Waals surface area contributed by atoms with E-state index in [9.17, 15) is 18.0 Å². The van der Waals surface area contributed by atoms with Crippen LogP contribution in [0, 0.1) is 6.92 Å². The number of aryl methyl sites for hydroxylation is 1. The third-order valence-electron chi connectivity index (χ3n) is 5.64. The molecule has 0 saturated carbocycles. The Morgan fingerprint density at radius 1 is 1.09 bits per heavy atom. The first-order valence-electron chi connectivity index (χ1n) is 10.6. The predicted molar refractivity (Wildman–Crippen MR) is 119 cm³/mol. The summed E-state index contributed by atoms with van der Waals surface area (Å²) in [6.45, 7) is 4.66. The Morgan fingerprint density at radius 3 is 2.42 bits per heavy atom. The third kappa shape index (κ3) is 4.88. The average Bonchev–Trinajstić information content (AvgIpc) is 3.26. The molecule has 0 aliphatic carbocycles. The summed E-state index contributed by atoms with van der Waals surface area (Å²) in [6.07, 6.45) is -3.76. The van der Waals surface area contributed by atoms with Crippen LogP contribution < -0.4 is 4.90 Å². The molecule has 4 rings (SSSR count). The number of nitrogens with zero attached hydrogens (tertiary/aromatic N) is 4. The van der Waals surface area contributed by atoms with E-state index < -0.39 is 23.3 Å². The number of amides is 1. The van der Waals surface area contributed by atoms with Gasteiger partial charge >= 0.3 is 6.18 Å². The maximum absolute atomic E-state index is 14.0. The molecule has 0 bridgehead atoms. The zero-order valence-corrected chi connectivity index (χ0v) is 18.5. The lowest BCUT2D eigenvalue weighted by Crippen LogP contribution is -2.37. The maximum Gasteiger partial charge on any atom is 0.434 e. The van der Waals surface area contributed by atoms with Gasteiger partial charge in [-0.25, -0.2) is 4.68 Å². The molecule has 6 nitrogen and oxygen atoms in total. The summed E-state index contributed by atoms with van der Waals surface area (Å²) in [4.78, 5) is 16.6. The van der Waals surface area contributed by atoms with Crippen molar-refractivity contribution in [3.8, 4) is 5.69 Å². The number of alkyl halides is 3. The van der Waals surface area contributed by atoms with Gasteiger partial charge < -0.3 is 14.5 Å². The molecule has 1 aromatic heterocycles. The van der Waals surface area contributed by atoms with Crippen LogP contribution in [0.5, 0.6) is 0 Å². The highest BCUT2D eigenvalue weighted by Crippen LogP contribution is 2.34. The van der Waals surface area contributed by atoms with Gasteiger partial charge in [0.25, 0.3) is 5.91 Å². The van der Waals surface area contributed by atoms with Crippen LogP contribution in [-0.4, -0.2) is 53.9 Å².